The summed E-state index contributed by atoms with van der Waals surface area (Å²) < 4.78 is 44.9. The van der Waals surface area contributed by atoms with E-state index < -0.39 is 44.3 Å². The minimum atomic E-state index is -4.40. The van der Waals surface area contributed by atoms with Crippen LogP contribution in [0.4, 0.5) is 4.39 Å². The summed E-state index contributed by atoms with van der Waals surface area (Å²) in [4.78, 5) is 21.3. The van der Waals surface area contributed by atoms with Gasteiger partial charge in [0.15, 0.2) is 5.82 Å². The number of carboxylic acid groups (broad SMARTS) is 1. The number of ether oxygens (including phenoxy) is 1. The van der Waals surface area contributed by atoms with Gasteiger partial charge in [-0.1, -0.05) is 15.9 Å². The SMILES string of the molecule is O=C(O)c1cc(Br)cc(S(=O)(=O)NC2CCOC2=O)c1F. The van der Waals surface area contributed by atoms with E-state index in [1.165, 1.54) is 0 Å². The Bertz CT molecular complexity index is 720. The highest BCUT2D eigenvalue weighted by atomic mass is 79.9. The Hall–Kier alpha value is -1.52. The van der Waals surface area contributed by atoms with Gasteiger partial charge in [0.05, 0.1) is 12.2 Å². The number of hydrogen-bond donors (Lipinski definition) is 2. The minimum Gasteiger partial charge on any atom is -0.478 e. The van der Waals surface area contributed by atoms with Gasteiger partial charge in [-0.25, -0.2) is 17.6 Å². The molecule has 2 rings (SSSR count). The predicted octanol–water partition coefficient (Wildman–Crippen LogP) is 0.880. The summed E-state index contributed by atoms with van der Waals surface area (Å²) in [5.74, 6) is -3.76. The van der Waals surface area contributed by atoms with Gasteiger partial charge >= 0.3 is 11.9 Å². The summed E-state index contributed by atoms with van der Waals surface area (Å²) in [6.07, 6.45) is 0.124. The van der Waals surface area contributed by atoms with Gasteiger partial charge in [0.25, 0.3) is 0 Å². The maximum Gasteiger partial charge on any atom is 0.338 e. The van der Waals surface area contributed by atoms with E-state index in [0.29, 0.717) is 0 Å². The molecule has 1 unspecified atom stereocenters. The molecule has 1 aliphatic heterocycles. The fourth-order valence-corrected chi connectivity index (χ4v) is 3.72. The van der Waals surface area contributed by atoms with Crippen LogP contribution in [0.2, 0.25) is 0 Å². The number of carbonyl (C=O) groups is 2. The van der Waals surface area contributed by atoms with Crippen LogP contribution in [0.5, 0.6) is 0 Å². The number of cyclic esters (lactones) is 1. The molecule has 0 bridgehead atoms. The van der Waals surface area contributed by atoms with Crippen LogP contribution in [-0.2, 0) is 19.6 Å². The van der Waals surface area contributed by atoms with Crippen LogP contribution < -0.4 is 4.72 Å². The summed E-state index contributed by atoms with van der Waals surface area (Å²) in [5.41, 5.74) is -0.793. The van der Waals surface area contributed by atoms with Crippen LogP contribution >= 0.6 is 15.9 Å². The first-order chi connectivity index (χ1) is 9.72. The van der Waals surface area contributed by atoms with Crippen LogP contribution in [0.1, 0.15) is 16.8 Å². The average molecular weight is 382 g/mol. The quantitative estimate of drug-likeness (QED) is 0.749. The summed E-state index contributed by atoms with van der Waals surface area (Å²) in [6, 6.07) is 0.756. The topological polar surface area (TPSA) is 110 Å². The third-order valence-corrected chi connectivity index (χ3v) is 4.69. The number of halogens is 2. The lowest BCUT2D eigenvalue weighted by atomic mass is 10.2. The molecule has 0 radical (unpaired) electrons. The highest BCUT2D eigenvalue weighted by Crippen LogP contribution is 2.25. The van der Waals surface area contributed by atoms with Gasteiger partial charge < -0.3 is 9.84 Å². The van der Waals surface area contributed by atoms with E-state index >= 15 is 0 Å². The van der Waals surface area contributed by atoms with Crippen LogP contribution in [0, 0.1) is 5.82 Å². The summed E-state index contributed by atoms with van der Waals surface area (Å²) >= 11 is 2.92. The lowest BCUT2D eigenvalue weighted by molar-refractivity contribution is -0.139. The second-order valence-electron chi connectivity index (χ2n) is 4.20. The normalized spacial score (nSPS) is 18.6. The van der Waals surface area contributed by atoms with E-state index in [2.05, 4.69) is 20.7 Å². The standard InChI is InChI=1S/C11H9BrFNO6S/c12-5-3-6(10(15)16)9(13)8(4-5)21(18,19)14-7-1-2-20-11(7)17/h3-4,7,14H,1-2H2,(H,15,16). The molecule has 10 heteroatoms. The van der Waals surface area contributed by atoms with Crippen LogP contribution in [-0.4, -0.2) is 38.1 Å². The van der Waals surface area contributed by atoms with Crippen LogP contribution in [0.3, 0.4) is 0 Å². The zero-order chi connectivity index (χ0) is 15.8. The number of carbonyl (C=O) groups excluding carboxylic acids is 1. The highest BCUT2D eigenvalue weighted by molar-refractivity contribution is 9.10. The average Bonchev–Trinajstić information content (AvgIpc) is 2.76. The number of nitrogens with one attached hydrogen (secondary N) is 1. The molecule has 1 aromatic rings. The Morgan fingerprint density at radius 1 is 1.48 bits per heavy atom. The molecule has 2 N–H and O–H groups in total. The van der Waals surface area contributed by atoms with E-state index in [9.17, 15) is 22.4 Å². The zero-order valence-corrected chi connectivity index (χ0v) is 12.7. The number of esters is 1. The van der Waals surface area contributed by atoms with Crippen molar-refractivity contribution in [1.82, 2.24) is 4.72 Å². The number of rotatable bonds is 4. The Labute approximate surface area is 127 Å². The fourth-order valence-electron chi connectivity index (χ4n) is 1.77. The van der Waals surface area contributed by atoms with Crippen LogP contribution in [0.15, 0.2) is 21.5 Å². The largest absolute Gasteiger partial charge is 0.478 e. The van der Waals surface area contributed by atoms with Crippen LogP contribution in [0.25, 0.3) is 0 Å². The van der Waals surface area contributed by atoms with Gasteiger partial charge in [-0.2, -0.15) is 4.72 Å². The van der Waals surface area contributed by atoms with E-state index in [-0.39, 0.29) is 17.5 Å². The molecule has 1 saturated heterocycles. The van der Waals surface area contributed by atoms with Gasteiger partial charge in [-0.3, -0.25) is 4.79 Å². The number of hydrogen-bond acceptors (Lipinski definition) is 5. The van der Waals surface area contributed by atoms with Crippen molar-refractivity contribution in [3.8, 4) is 0 Å². The fraction of sp³-hybridized carbons (Fsp3) is 0.273. The van der Waals surface area contributed by atoms with Gasteiger partial charge in [0.1, 0.15) is 10.9 Å². The van der Waals surface area contributed by atoms with Crippen molar-refractivity contribution in [1.29, 1.82) is 0 Å². The molecule has 1 fully saturated rings. The van der Waals surface area contributed by atoms with E-state index in [4.69, 9.17) is 5.11 Å². The molecular formula is C11H9BrFNO6S. The highest BCUT2D eigenvalue weighted by Gasteiger charge is 2.33. The predicted molar refractivity (Wildman–Crippen MR) is 70.7 cm³/mol. The molecule has 1 atom stereocenters. The molecule has 114 valence electrons. The summed E-state index contributed by atoms with van der Waals surface area (Å²) in [7, 11) is -4.40. The molecule has 7 nitrogen and oxygen atoms in total. The van der Waals surface area contributed by atoms with Crippen molar-refractivity contribution >= 4 is 37.9 Å². The second-order valence-corrected chi connectivity index (χ2v) is 6.80. The van der Waals surface area contributed by atoms with Crippen molar-refractivity contribution in [2.75, 3.05) is 6.61 Å². The van der Waals surface area contributed by atoms with Gasteiger partial charge in [-0.15, -0.1) is 0 Å². The molecule has 0 aliphatic carbocycles. The first kappa shape index (κ1) is 15.9. The zero-order valence-electron chi connectivity index (χ0n) is 10.3. The van der Waals surface area contributed by atoms with Gasteiger partial charge in [0, 0.05) is 10.9 Å². The minimum absolute atomic E-state index is 0.0629. The van der Waals surface area contributed by atoms with Crippen molar-refractivity contribution < 1.29 is 32.2 Å². The molecule has 1 aromatic carbocycles. The number of aromatic carboxylic acids is 1. The molecule has 21 heavy (non-hydrogen) atoms. The smallest absolute Gasteiger partial charge is 0.338 e. The van der Waals surface area contributed by atoms with Crippen molar-refractivity contribution in [2.45, 2.75) is 17.4 Å². The molecule has 0 saturated carbocycles. The maximum absolute atomic E-state index is 14.0. The van der Waals surface area contributed by atoms with E-state index in [0.717, 1.165) is 12.1 Å². The van der Waals surface area contributed by atoms with Crippen molar-refractivity contribution in [3.63, 3.8) is 0 Å². The third-order valence-electron chi connectivity index (χ3n) is 2.76. The van der Waals surface area contributed by atoms with Crippen molar-refractivity contribution in [3.05, 3.63) is 28.0 Å². The molecule has 1 aliphatic rings. The summed E-state index contributed by atoms with van der Waals surface area (Å²) in [5, 5.41) is 8.86. The first-order valence-electron chi connectivity index (χ1n) is 5.63. The second kappa shape index (κ2) is 5.70. The number of sulfonamides is 1. The Balaban J connectivity index is 2.44. The Morgan fingerprint density at radius 3 is 2.67 bits per heavy atom. The van der Waals surface area contributed by atoms with E-state index in [1.807, 2.05) is 4.72 Å². The van der Waals surface area contributed by atoms with Crippen molar-refractivity contribution in [2.24, 2.45) is 0 Å². The van der Waals surface area contributed by atoms with E-state index in [1.54, 1.807) is 0 Å². The Kier molecular flexibility index (Phi) is 4.30. The number of benzene rings is 1. The molecule has 0 spiro atoms. The first-order valence-corrected chi connectivity index (χ1v) is 7.91. The van der Waals surface area contributed by atoms with Gasteiger partial charge in [0.2, 0.25) is 10.0 Å². The van der Waals surface area contributed by atoms with Gasteiger partial charge in [-0.05, 0) is 12.1 Å². The Morgan fingerprint density at radius 2 is 2.14 bits per heavy atom. The summed E-state index contributed by atoms with van der Waals surface area (Å²) in [6.45, 7) is 0.0629. The molecule has 1 heterocycles. The molecule has 0 amide bonds. The lowest BCUT2D eigenvalue weighted by Crippen LogP contribution is -2.38. The molecule has 0 aromatic heterocycles. The monoisotopic (exact) mass is 381 g/mol. The maximum atomic E-state index is 14.0. The molecular weight excluding hydrogens is 373 g/mol. The number of carboxylic acids is 1. The third kappa shape index (κ3) is 3.22. The lowest BCUT2D eigenvalue weighted by Gasteiger charge is -2.12.